The average Bonchev–Trinajstić information content (AvgIpc) is 2.24. The number of hydrogen-bond acceptors (Lipinski definition) is 2. The molecule has 2 nitrogen and oxygen atoms in total. The van der Waals surface area contributed by atoms with Crippen molar-refractivity contribution in [3.8, 4) is 5.75 Å². The van der Waals surface area contributed by atoms with Crippen LogP contribution in [-0.4, -0.2) is 18.7 Å². The van der Waals surface area contributed by atoms with E-state index in [1.807, 2.05) is 27.8 Å². The average molecular weight is 272 g/mol. The lowest BCUT2D eigenvalue weighted by Gasteiger charge is -2.15. The standard InChI is InChI=1S/C12H18BrNO/c1-7-8(2)12(15)10(5-6-14-4)9(3)11(7)13/h14-15H,5-6H2,1-4H3. The molecule has 0 bridgehead atoms. The van der Waals surface area contributed by atoms with Crippen molar-refractivity contribution in [2.75, 3.05) is 13.6 Å². The number of likely N-dealkylation sites (N-methyl/N-ethyl adjacent to an activating group) is 1. The van der Waals surface area contributed by atoms with Crippen molar-refractivity contribution >= 4 is 15.9 Å². The summed E-state index contributed by atoms with van der Waals surface area (Å²) < 4.78 is 1.11. The van der Waals surface area contributed by atoms with E-state index in [2.05, 4.69) is 21.2 Å². The van der Waals surface area contributed by atoms with Crippen LogP contribution in [0.1, 0.15) is 22.3 Å². The van der Waals surface area contributed by atoms with Gasteiger partial charge < -0.3 is 10.4 Å². The highest BCUT2D eigenvalue weighted by Gasteiger charge is 2.14. The number of aromatic hydroxyl groups is 1. The summed E-state index contributed by atoms with van der Waals surface area (Å²) >= 11 is 3.58. The molecule has 3 heteroatoms. The van der Waals surface area contributed by atoms with Gasteiger partial charge in [0.1, 0.15) is 5.75 Å². The second-order valence-corrected chi connectivity index (χ2v) is 4.66. The third kappa shape index (κ3) is 2.34. The van der Waals surface area contributed by atoms with Crippen LogP contribution in [-0.2, 0) is 6.42 Å². The van der Waals surface area contributed by atoms with Crippen molar-refractivity contribution in [1.29, 1.82) is 0 Å². The third-order valence-corrected chi connectivity index (χ3v) is 4.13. The lowest BCUT2D eigenvalue weighted by molar-refractivity contribution is 0.461. The molecule has 1 aromatic carbocycles. The number of benzene rings is 1. The first-order chi connectivity index (χ1) is 7.00. The molecule has 0 heterocycles. The predicted molar refractivity (Wildman–Crippen MR) is 67.6 cm³/mol. The number of phenols is 1. The van der Waals surface area contributed by atoms with E-state index in [4.69, 9.17) is 0 Å². The fourth-order valence-electron chi connectivity index (χ4n) is 1.72. The van der Waals surface area contributed by atoms with Gasteiger partial charge in [-0.2, -0.15) is 0 Å². The van der Waals surface area contributed by atoms with Crippen molar-refractivity contribution < 1.29 is 5.11 Å². The maximum absolute atomic E-state index is 10.1. The van der Waals surface area contributed by atoms with Crippen molar-refractivity contribution in [2.24, 2.45) is 0 Å². The van der Waals surface area contributed by atoms with Gasteiger partial charge in [-0.1, -0.05) is 15.9 Å². The van der Waals surface area contributed by atoms with E-state index >= 15 is 0 Å². The van der Waals surface area contributed by atoms with Crippen LogP contribution >= 0.6 is 15.9 Å². The monoisotopic (exact) mass is 271 g/mol. The largest absolute Gasteiger partial charge is 0.507 e. The van der Waals surface area contributed by atoms with Gasteiger partial charge in [0.05, 0.1) is 0 Å². The Labute approximate surface area is 99.8 Å². The Bertz CT molecular complexity index is 345. The summed E-state index contributed by atoms with van der Waals surface area (Å²) in [5.41, 5.74) is 4.28. The molecule has 0 aliphatic heterocycles. The molecule has 0 saturated heterocycles. The molecule has 0 aliphatic rings. The Balaban J connectivity index is 3.26. The third-order valence-electron chi connectivity index (χ3n) is 2.94. The molecule has 2 N–H and O–H groups in total. The van der Waals surface area contributed by atoms with Crippen LogP contribution in [0.25, 0.3) is 0 Å². The van der Waals surface area contributed by atoms with Gasteiger partial charge in [0.25, 0.3) is 0 Å². The summed E-state index contributed by atoms with van der Waals surface area (Å²) in [7, 11) is 1.92. The van der Waals surface area contributed by atoms with E-state index in [-0.39, 0.29) is 0 Å². The molecule has 0 amide bonds. The molecule has 0 aliphatic carbocycles. The summed E-state index contributed by atoms with van der Waals surface area (Å²) in [5.74, 6) is 0.448. The predicted octanol–water partition coefficient (Wildman–Crippen LogP) is 2.84. The number of rotatable bonds is 3. The first-order valence-corrected chi connectivity index (χ1v) is 5.91. The zero-order valence-corrected chi connectivity index (χ0v) is 11.3. The zero-order chi connectivity index (χ0) is 11.6. The summed E-state index contributed by atoms with van der Waals surface area (Å²) in [6.45, 7) is 6.90. The van der Waals surface area contributed by atoms with Gasteiger partial charge >= 0.3 is 0 Å². The highest BCUT2D eigenvalue weighted by Crippen LogP contribution is 2.35. The van der Waals surface area contributed by atoms with E-state index in [9.17, 15) is 5.11 Å². The molecule has 0 aromatic heterocycles. The van der Waals surface area contributed by atoms with E-state index in [1.165, 1.54) is 0 Å². The summed E-state index contributed by atoms with van der Waals surface area (Å²) in [4.78, 5) is 0. The SMILES string of the molecule is CNCCc1c(C)c(Br)c(C)c(C)c1O. The maximum atomic E-state index is 10.1. The first-order valence-electron chi connectivity index (χ1n) is 5.12. The normalized spacial score (nSPS) is 10.7. The zero-order valence-electron chi connectivity index (χ0n) is 9.74. The van der Waals surface area contributed by atoms with Crippen LogP contribution in [0, 0.1) is 20.8 Å². The molecule has 84 valence electrons. The number of halogens is 1. The maximum Gasteiger partial charge on any atom is 0.122 e. The minimum absolute atomic E-state index is 0.448. The summed E-state index contributed by atoms with van der Waals surface area (Å²) in [6, 6.07) is 0. The molecule has 1 rings (SSSR count). The highest BCUT2D eigenvalue weighted by atomic mass is 79.9. The van der Waals surface area contributed by atoms with Crippen molar-refractivity contribution in [1.82, 2.24) is 5.32 Å². The summed E-state index contributed by atoms with van der Waals surface area (Å²) in [5, 5.41) is 13.2. The van der Waals surface area contributed by atoms with Crippen LogP contribution in [0.15, 0.2) is 4.47 Å². The van der Waals surface area contributed by atoms with Crippen molar-refractivity contribution in [3.63, 3.8) is 0 Å². The Kier molecular flexibility index (Phi) is 4.17. The van der Waals surface area contributed by atoms with Crippen LogP contribution in [0.3, 0.4) is 0 Å². The molecule has 0 saturated carbocycles. The van der Waals surface area contributed by atoms with Crippen molar-refractivity contribution in [3.05, 3.63) is 26.7 Å². The molecule has 0 atom stereocenters. The molecular formula is C12H18BrNO. The minimum atomic E-state index is 0.448. The quantitative estimate of drug-likeness (QED) is 0.886. The van der Waals surface area contributed by atoms with Crippen LogP contribution < -0.4 is 5.32 Å². The van der Waals surface area contributed by atoms with E-state index < -0.39 is 0 Å². The van der Waals surface area contributed by atoms with Gasteiger partial charge in [-0.3, -0.25) is 0 Å². The summed E-state index contributed by atoms with van der Waals surface area (Å²) in [6.07, 6.45) is 0.855. The Morgan fingerprint density at radius 1 is 1.13 bits per heavy atom. The smallest absolute Gasteiger partial charge is 0.122 e. The Morgan fingerprint density at radius 3 is 2.27 bits per heavy atom. The van der Waals surface area contributed by atoms with E-state index in [0.29, 0.717) is 5.75 Å². The molecule has 0 fully saturated rings. The Morgan fingerprint density at radius 2 is 1.73 bits per heavy atom. The van der Waals surface area contributed by atoms with Gasteiger partial charge in [0, 0.05) is 4.47 Å². The minimum Gasteiger partial charge on any atom is -0.507 e. The van der Waals surface area contributed by atoms with Crippen molar-refractivity contribution in [2.45, 2.75) is 27.2 Å². The van der Waals surface area contributed by atoms with Crippen LogP contribution in [0.2, 0.25) is 0 Å². The van der Waals surface area contributed by atoms with Crippen LogP contribution in [0.4, 0.5) is 0 Å². The van der Waals surface area contributed by atoms with Crippen LogP contribution in [0.5, 0.6) is 5.75 Å². The second kappa shape index (κ2) is 4.99. The first kappa shape index (κ1) is 12.5. The number of hydrogen-bond donors (Lipinski definition) is 2. The fourth-order valence-corrected chi connectivity index (χ4v) is 2.25. The lowest BCUT2D eigenvalue weighted by atomic mass is 9.97. The van der Waals surface area contributed by atoms with E-state index in [1.54, 1.807) is 0 Å². The Hall–Kier alpha value is -0.540. The lowest BCUT2D eigenvalue weighted by Crippen LogP contribution is -2.12. The molecular weight excluding hydrogens is 254 g/mol. The van der Waals surface area contributed by atoms with Gasteiger partial charge in [-0.05, 0) is 63.0 Å². The molecule has 15 heavy (non-hydrogen) atoms. The van der Waals surface area contributed by atoms with Gasteiger partial charge in [-0.25, -0.2) is 0 Å². The highest BCUT2D eigenvalue weighted by molar-refractivity contribution is 9.10. The molecule has 0 spiro atoms. The number of phenolic OH excluding ortho intramolecular Hbond substituents is 1. The molecule has 0 radical (unpaired) electrons. The van der Waals surface area contributed by atoms with E-state index in [0.717, 1.165) is 39.7 Å². The van der Waals surface area contributed by atoms with Gasteiger partial charge in [0.2, 0.25) is 0 Å². The fraction of sp³-hybridized carbons (Fsp3) is 0.500. The van der Waals surface area contributed by atoms with Gasteiger partial charge in [-0.15, -0.1) is 0 Å². The molecule has 1 aromatic rings. The molecule has 0 unspecified atom stereocenters. The topological polar surface area (TPSA) is 32.3 Å². The second-order valence-electron chi connectivity index (χ2n) is 3.87. The number of nitrogens with one attached hydrogen (secondary N) is 1. The van der Waals surface area contributed by atoms with Gasteiger partial charge in [0.15, 0.2) is 0 Å².